The molecule has 1 unspecified atom stereocenters. The molecular weight excluding hydrogens is 404 g/mol. The highest BCUT2D eigenvalue weighted by molar-refractivity contribution is 7.83. The number of pyridine rings is 1. The van der Waals surface area contributed by atoms with E-state index in [0.717, 1.165) is 51.7 Å². The smallest absolute Gasteiger partial charge is 0.124 e. The topological polar surface area (TPSA) is 59.8 Å². The first kappa shape index (κ1) is 21.4. The Morgan fingerprint density at radius 1 is 0.968 bits per heavy atom. The molecule has 0 fully saturated rings. The van der Waals surface area contributed by atoms with Crippen LogP contribution < -0.4 is 4.72 Å². The summed E-state index contributed by atoms with van der Waals surface area (Å²) in [7, 11) is -1.19. The lowest BCUT2D eigenvalue weighted by molar-refractivity contribution is 0.671. The number of nitrogens with one attached hydrogen (secondary N) is 1. The molecule has 160 valence electrons. The largest absolute Gasteiger partial charge is 0.296 e. The van der Waals surface area contributed by atoms with Crippen molar-refractivity contribution in [1.82, 2.24) is 19.3 Å². The fourth-order valence-electron chi connectivity index (χ4n) is 3.80. The zero-order chi connectivity index (χ0) is 22.0. The van der Waals surface area contributed by atoms with Crippen LogP contribution in [-0.2, 0) is 23.8 Å². The second-order valence-electron chi connectivity index (χ2n) is 7.83. The van der Waals surface area contributed by atoms with Crippen molar-refractivity contribution in [2.24, 2.45) is 0 Å². The van der Waals surface area contributed by atoms with E-state index in [9.17, 15) is 4.21 Å². The van der Waals surface area contributed by atoms with Gasteiger partial charge in [0.1, 0.15) is 22.3 Å². The molecule has 0 spiro atoms. The third-order valence-corrected chi connectivity index (χ3v) is 6.57. The van der Waals surface area contributed by atoms with Crippen LogP contribution in [0.25, 0.3) is 16.7 Å². The van der Waals surface area contributed by atoms with Crippen molar-refractivity contribution in [3.63, 3.8) is 0 Å². The maximum atomic E-state index is 12.4. The van der Waals surface area contributed by atoms with Crippen LogP contribution in [-0.4, -0.2) is 25.3 Å². The van der Waals surface area contributed by atoms with Gasteiger partial charge in [0.05, 0.1) is 16.1 Å². The van der Waals surface area contributed by atoms with Gasteiger partial charge in [-0.3, -0.25) is 9.55 Å². The molecule has 2 aromatic heterocycles. The minimum atomic E-state index is -1.19. The predicted molar refractivity (Wildman–Crippen MR) is 127 cm³/mol. The molecule has 4 aromatic rings. The monoisotopic (exact) mass is 432 g/mol. The highest BCUT2D eigenvalue weighted by Crippen LogP contribution is 2.24. The second-order valence-corrected chi connectivity index (χ2v) is 9.12. The van der Waals surface area contributed by atoms with Crippen LogP contribution in [0.2, 0.25) is 0 Å². The van der Waals surface area contributed by atoms with Crippen molar-refractivity contribution in [2.75, 3.05) is 6.54 Å². The molecule has 31 heavy (non-hydrogen) atoms. The van der Waals surface area contributed by atoms with Crippen LogP contribution in [0.3, 0.4) is 0 Å². The van der Waals surface area contributed by atoms with Gasteiger partial charge in [-0.05, 0) is 63.1 Å². The van der Waals surface area contributed by atoms with Crippen LogP contribution in [0, 0.1) is 20.8 Å². The first-order chi connectivity index (χ1) is 15.0. The van der Waals surface area contributed by atoms with Crippen LogP contribution >= 0.6 is 0 Å². The standard InChI is InChI=1S/C25H28N4OS/c1-5-24-28-25-19(4)27-18(3)16-23(25)29(24)21-10-8-20(9-11-21)14-15-26-31(30)22-12-6-17(2)7-13-22/h6-13,16,26H,5,14-15H2,1-4H3. The van der Waals surface area contributed by atoms with E-state index in [-0.39, 0.29) is 0 Å². The molecule has 2 aromatic carbocycles. The minimum Gasteiger partial charge on any atom is -0.296 e. The Hall–Kier alpha value is -2.83. The Bertz CT molecular complexity index is 1230. The molecule has 5 nitrogen and oxygen atoms in total. The average molecular weight is 433 g/mol. The Morgan fingerprint density at radius 2 is 1.68 bits per heavy atom. The Morgan fingerprint density at radius 3 is 2.35 bits per heavy atom. The van der Waals surface area contributed by atoms with Gasteiger partial charge in [-0.15, -0.1) is 0 Å². The second kappa shape index (κ2) is 9.12. The van der Waals surface area contributed by atoms with Crippen molar-refractivity contribution >= 4 is 22.0 Å². The van der Waals surface area contributed by atoms with E-state index in [2.05, 4.69) is 51.5 Å². The molecule has 4 rings (SSSR count). The zero-order valence-electron chi connectivity index (χ0n) is 18.5. The number of rotatable bonds is 7. The summed E-state index contributed by atoms with van der Waals surface area (Å²) in [5.41, 5.74) is 7.50. The van der Waals surface area contributed by atoms with Gasteiger partial charge in [-0.25, -0.2) is 13.9 Å². The van der Waals surface area contributed by atoms with Crippen LogP contribution in [0.15, 0.2) is 59.5 Å². The van der Waals surface area contributed by atoms with E-state index in [4.69, 9.17) is 4.98 Å². The third kappa shape index (κ3) is 4.60. The fourth-order valence-corrected chi connectivity index (χ4v) is 4.64. The molecule has 2 heterocycles. The summed E-state index contributed by atoms with van der Waals surface area (Å²) in [5, 5.41) is 0. The van der Waals surface area contributed by atoms with Gasteiger partial charge < -0.3 is 0 Å². The Labute approximate surface area is 186 Å². The maximum Gasteiger partial charge on any atom is 0.124 e. The lowest BCUT2D eigenvalue weighted by Gasteiger charge is -2.10. The normalized spacial score (nSPS) is 12.4. The molecule has 6 heteroatoms. The van der Waals surface area contributed by atoms with E-state index in [1.165, 1.54) is 11.1 Å². The zero-order valence-corrected chi connectivity index (χ0v) is 19.3. The number of benzene rings is 2. The van der Waals surface area contributed by atoms with Gasteiger partial charge in [-0.2, -0.15) is 0 Å². The first-order valence-electron chi connectivity index (χ1n) is 10.6. The van der Waals surface area contributed by atoms with Crippen molar-refractivity contribution in [3.05, 3.63) is 82.9 Å². The maximum absolute atomic E-state index is 12.4. The molecule has 0 bridgehead atoms. The number of imidazole rings is 1. The molecule has 0 aliphatic heterocycles. The molecule has 0 saturated heterocycles. The number of aromatic nitrogens is 3. The van der Waals surface area contributed by atoms with E-state index in [0.29, 0.717) is 6.54 Å². The van der Waals surface area contributed by atoms with Gasteiger partial charge in [0.2, 0.25) is 0 Å². The van der Waals surface area contributed by atoms with Gasteiger partial charge in [0.15, 0.2) is 0 Å². The van der Waals surface area contributed by atoms with E-state index >= 15 is 0 Å². The molecular formula is C25H28N4OS. The summed E-state index contributed by atoms with van der Waals surface area (Å²) >= 11 is 0. The van der Waals surface area contributed by atoms with Crippen molar-refractivity contribution in [1.29, 1.82) is 0 Å². The molecule has 0 saturated carbocycles. The average Bonchev–Trinajstić information content (AvgIpc) is 3.13. The van der Waals surface area contributed by atoms with Gasteiger partial charge in [0.25, 0.3) is 0 Å². The molecule has 0 amide bonds. The minimum absolute atomic E-state index is 0.651. The highest BCUT2D eigenvalue weighted by Gasteiger charge is 2.14. The first-order valence-corrected chi connectivity index (χ1v) is 11.8. The molecule has 0 aliphatic rings. The Balaban J connectivity index is 1.49. The van der Waals surface area contributed by atoms with E-state index < -0.39 is 11.0 Å². The molecule has 1 N–H and O–H groups in total. The van der Waals surface area contributed by atoms with Gasteiger partial charge in [-0.1, -0.05) is 36.8 Å². The number of hydrogen-bond donors (Lipinski definition) is 1. The lowest BCUT2D eigenvalue weighted by atomic mass is 10.1. The number of hydrogen-bond acceptors (Lipinski definition) is 3. The van der Waals surface area contributed by atoms with Crippen LogP contribution in [0.4, 0.5) is 0 Å². The number of nitrogens with zero attached hydrogens (tertiary/aromatic N) is 3. The fraction of sp³-hybridized carbons (Fsp3) is 0.280. The summed E-state index contributed by atoms with van der Waals surface area (Å²) in [6.45, 7) is 8.84. The highest BCUT2D eigenvalue weighted by atomic mass is 32.2. The van der Waals surface area contributed by atoms with Gasteiger partial charge >= 0.3 is 0 Å². The van der Waals surface area contributed by atoms with Crippen molar-refractivity contribution in [2.45, 2.75) is 45.4 Å². The van der Waals surface area contributed by atoms with Crippen LogP contribution in [0.1, 0.15) is 35.3 Å². The molecule has 0 aliphatic carbocycles. The SMILES string of the molecule is CCc1nc2c(C)nc(C)cc2n1-c1ccc(CCNS(=O)c2ccc(C)cc2)cc1. The van der Waals surface area contributed by atoms with Crippen LogP contribution in [0.5, 0.6) is 0 Å². The third-order valence-electron chi connectivity index (χ3n) is 5.41. The summed E-state index contributed by atoms with van der Waals surface area (Å²) in [6, 6.07) is 18.4. The summed E-state index contributed by atoms with van der Waals surface area (Å²) < 4.78 is 17.7. The molecule has 0 radical (unpaired) electrons. The summed E-state index contributed by atoms with van der Waals surface area (Å²) in [5.74, 6) is 1.04. The van der Waals surface area contributed by atoms with Gasteiger partial charge in [0, 0.05) is 24.3 Å². The number of fused-ring (bicyclic) bond motifs is 1. The van der Waals surface area contributed by atoms with E-state index in [1.807, 2.05) is 45.0 Å². The summed E-state index contributed by atoms with van der Waals surface area (Å²) in [4.78, 5) is 10.2. The predicted octanol–water partition coefficient (Wildman–Crippen LogP) is 4.76. The summed E-state index contributed by atoms with van der Waals surface area (Å²) in [6.07, 6.45) is 1.66. The van der Waals surface area contributed by atoms with E-state index in [1.54, 1.807) is 0 Å². The molecule has 1 atom stereocenters. The Kier molecular flexibility index (Phi) is 6.30. The quantitative estimate of drug-likeness (QED) is 0.458. The number of aryl methyl sites for hydroxylation is 4. The van der Waals surface area contributed by atoms with Crippen molar-refractivity contribution in [3.8, 4) is 5.69 Å². The van der Waals surface area contributed by atoms with Crippen molar-refractivity contribution < 1.29 is 4.21 Å². The lowest BCUT2D eigenvalue weighted by Crippen LogP contribution is -2.20.